The SMILES string of the molecule is CN(CC[n+]1cccc(O)c1)CC[n+]1cccc(O)c1. The molecule has 0 amide bonds. The zero-order valence-corrected chi connectivity index (χ0v) is 11.7. The van der Waals surface area contributed by atoms with Crippen LogP contribution in [0.15, 0.2) is 49.1 Å². The van der Waals surface area contributed by atoms with Gasteiger partial charge in [0, 0.05) is 12.1 Å². The number of pyridine rings is 2. The van der Waals surface area contributed by atoms with Crippen molar-refractivity contribution in [1.82, 2.24) is 4.90 Å². The van der Waals surface area contributed by atoms with Gasteiger partial charge in [0.1, 0.15) is 0 Å². The molecular weight excluding hydrogens is 254 g/mol. The quantitative estimate of drug-likeness (QED) is 0.746. The monoisotopic (exact) mass is 275 g/mol. The number of hydrogen-bond acceptors (Lipinski definition) is 3. The van der Waals surface area contributed by atoms with Crippen LogP contribution in [0.25, 0.3) is 0 Å². The molecule has 0 radical (unpaired) electrons. The van der Waals surface area contributed by atoms with Crippen molar-refractivity contribution in [2.24, 2.45) is 0 Å². The highest BCUT2D eigenvalue weighted by molar-refractivity contribution is 5.09. The highest BCUT2D eigenvalue weighted by atomic mass is 16.3. The van der Waals surface area contributed by atoms with Crippen LogP contribution in [0.2, 0.25) is 0 Å². The predicted molar refractivity (Wildman–Crippen MR) is 74.1 cm³/mol. The largest absolute Gasteiger partial charge is 0.503 e. The molecule has 5 heteroatoms. The van der Waals surface area contributed by atoms with Crippen LogP contribution in [0.5, 0.6) is 11.5 Å². The molecule has 2 aromatic heterocycles. The van der Waals surface area contributed by atoms with Crippen molar-refractivity contribution >= 4 is 0 Å². The molecule has 20 heavy (non-hydrogen) atoms. The summed E-state index contributed by atoms with van der Waals surface area (Å²) < 4.78 is 3.93. The smallest absolute Gasteiger partial charge is 0.210 e. The van der Waals surface area contributed by atoms with Gasteiger partial charge in [-0.25, -0.2) is 9.13 Å². The van der Waals surface area contributed by atoms with E-state index in [1.165, 1.54) is 0 Å². The molecule has 0 aliphatic heterocycles. The first kappa shape index (κ1) is 14.3. The van der Waals surface area contributed by atoms with Crippen molar-refractivity contribution in [2.75, 3.05) is 20.1 Å². The first-order chi connectivity index (χ1) is 9.63. The molecule has 0 aliphatic carbocycles. The first-order valence-corrected chi connectivity index (χ1v) is 6.68. The molecule has 0 atom stereocenters. The topological polar surface area (TPSA) is 51.5 Å². The minimum Gasteiger partial charge on any atom is -0.503 e. The number of aromatic nitrogens is 2. The van der Waals surface area contributed by atoms with Crippen molar-refractivity contribution in [3.8, 4) is 11.5 Å². The maximum atomic E-state index is 9.39. The van der Waals surface area contributed by atoms with Gasteiger partial charge < -0.3 is 10.2 Å². The van der Waals surface area contributed by atoms with Crippen LogP contribution < -0.4 is 9.13 Å². The lowest BCUT2D eigenvalue weighted by molar-refractivity contribution is -0.701. The lowest BCUT2D eigenvalue weighted by atomic mass is 10.4. The van der Waals surface area contributed by atoms with Crippen LogP contribution in [0.1, 0.15) is 0 Å². The maximum absolute atomic E-state index is 9.39. The second-order valence-electron chi connectivity index (χ2n) is 4.90. The average Bonchev–Trinajstić information content (AvgIpc) is 2.43. The standard InChI is InChI=1S/C15H19N3O2/c1-16(8-10-17-6-2-4-14(19)12-17)9-11-18-7-3-5-15(20)13-18/h2-7,12-13H,8-11H2,1H3/p+2. The molecule has 0 aromatic carbocycles. The van der Waals surface area contributed by atoms with E-state index in [2.05, 4.69) is 11.9 Å². The Balaban J connectivity index is 1.77. The summed E-state index contributed by atoms with van der Waals surface area (Å²) in [5.74, 6) is 0.566. The van der Waals surface area contributed by atoms with Gasteiger partial charge in [-0.15, -0.1) is 0 Å². The van der Waals surface area contributed by atoms with Crippen molar-refractivity contribution in [2.45, 2.75) is 13.1 Å². The highest BCUT2D eigenvalue weighted by Crippen LogP contribution is 2.01. The second kappa shape index (κ2) is 6.86. The van der Waals surface area contributed by atoms with E-state index in [1.54, 1.807) is 24.5 Å². The Hall–Kier alpha value is -2.14. The van der Waals surface area contributed by atoms with Gasteiger partial charge in [-0.3, -0.25) is 4.90 Å². The molecule has 0 fully saturated rings. The summed E-state index contributed by atoms with van der Waals surface area (Å²) in [5.41, 5.74) is 0. The third-order valence-electron chi connectivity index (χ3n) is 3.17. The van der Waals surface area contributed by atoms with E-state index in [0.717, 1.165) is 26.2 Å². The lowest BCUT2D eigenvalue weighted by Crippen LogP contribution is -2.43. The van der Waals surface area contributed by atoms with Gasteiger partial charge in [0.05, 0.1) is 13.1 Å². The fraction of sp³-hybridized carbons (Fsp3) is 0.333. The van der Waals surface area contributed by atoms with Crippen LogP contribution in [0, 0.1) is 0 Å². The predicted octanol–water partition coefficient (Wildman–Crippen LogP) is 0.305. The Kier molecular flexibility index (Phi) is 4.90. The van der Waals surface area contributed by atoms with E-state index in [9.17, 15) is 10.2 Å². The summed E-state index contributed by atoms with van der Waals surface area (Å²) in [6.07, 6.45) is 7.32. The van der Waals surface area contributed by atoms with Gasteiger partial charge >= 0.3 is 0 Å². The summed E-state index contributed by atoms with van der Waals surface area (Å²) in [6, 6.07) is 6.99. The average molecular weight is 275 g/mol. The minimum absolute atomic E-state index is 0.283. The Morgan fingerprint density at radius 2 is 1.35 bits per heavy atom. The van der Waals surface area contributed by atoms with Gasteiger partial charge in [0.25, 0.3) is 0 Å². The van der Waals surface area contributed by atoms with Crippen LogP contribution in [0.3, 0.4) is 0 Å². The zero-order chi connectivity index (χ0) is 14.4. The third kappa shape index (κ3) is 4.51. The van der Waals surface area contributed by atoms with Crippen LogP contribution in [-0.4, -0.2) is 35.3 Å². The summed E-state index contributed by atoms with van der Waals surface area (Å²) >= 11 is 0. The Labute approximate surface area is 119 Å². The molecule has 0 spiro atoms. The number of nitrogens with zero attached hydrogens (tertiary/aromatic N) is 3. The molecular formula is C15H21N3O2+2. The van der Waals surface area contributed by atoms with Gasteiger partial charge in [0.2, 0.25) is 12.4 Å². The van der Waals surface area contributed by atoms with Crippen LogP contribution in [-0.2, 0) is 13.1 Å². The van der Waals surface area contributed by atoms with E-state index in [1.807, 2.05) is 33.7 Å². The van der Waals surface area contributed by atoms with E-state index >= 15 is 0 Å². The van der Waals surface area contributed by atoms with E-state index in [0.29, 0.717) is 0 Å². The van der Waals surface area contributed by atoms with Crippen molar-refractivity contribution < 1.29 is 19.3 Å². The summed E-state index contributed by atoms with van der Waals surface area (Å²) in [6.45, 7) is 3.45. The summed E-state index contributed by atoms with van der Waals surface area (Å²) in [5, 5.41) is 18.8. The Bertz CT molecular complexity index is 511. The molecule has 106 valence electrons. The lowest BCUT2D eigenvalue weighted by Gasteiger charge is -2.12. The molecule has 2 rings (SSSR count). The van der Waals surface area contributed by atoms with Crippen LogP contribution >= 0.6 is 0 Å². The van der Waals surface area contributed by atoms with Gasteiger partial charge in [-0.05, 0) is 19.2 Å². The Morgan fingerprint density at radius 1 is 0.900 bits per heavy atom. The molecule has 0 saturated heterocycles. The number of hydrogen-bond donors (Lipinski definition) is 2. The molecule has 0 bridgehead atoms. The van der Waals surface area contributed by atoms with Crippen molar-refractivity contribution in [1.29, 1.82) is 0 Å². The summed E-state index contributed by atoms with van der Waals surface area (Å²) in [4.78, 5) is 2.22. The first-order valence-electron chi connectivity index (χ1n) is 6.68. The zero-order valence-electron chi connectivity index (χ0n) is 11.7. The van der Waals surface area contributed by atoms with E-state index in [4.69, 9.17) is 0 Å². The Morgan fingerprint density at radius 3 is 1.75 bits per heavy atom. The van der Waals surface area contributed by atoms with Crippen molar-refractivity contribution in [3.05, 3.63) is 49.1 Å². The van der Waals surface area contributed by atoms with Gasteiger partial charge in [-0.1, -0.05) is 0 Å². The maximum Gasteiger partial charge on any atom is 0.210 e. The second-order valence-corrected chi connectivity index (χ2v) is 4.90. The fourth-order valence-electron chi connectivity index (χ4n) is 1.98. The number of rotatable bonds is 6. The molecule has 0 unspecified atom stereocenters. The van der Waals surface area contributed by atoms with Crippen molar-refractivity contribution in [3.63, 3.8) is 0 Å². The molecule has 2 N–H and O–H groups in total. The third-order valence-corrected chi connectivity index (χ3v) is 3.17. The highest BCUT2D eigenvalue weighted by Gasteiger charge is 2.08. The number of aromatic hydroxyl groups is 2. The van der Waals surface area contributed by atoms with E-state index < -0.39 is 0 Å². The van der Waals surface area contributed by atoms with Gasteiger partial charge in [0.15, 0.2) is 37.0 Å². The summed E-state index contributed by atoms with van der Waals surface area (Å²) in [7, 11) is 2.06. The van der Waals surface area contributed by atoms with E-state index in [-0.39, 0.29) is 11.5 Å². The molecule has 0 saturated carbocycles. The minimum atomic E-state index is 0.283. The molecule has 2 heterocycles. The van der Waals surface area contributed by atoms with Crippen LogP contribution in [0.4, 0.5) is 0 Å². The molecule has 2 aromatic rings. The number of likely N-dealkylation sites (N-methyl/N-ethyl adjacent to an activating group) is 1. The normalized spacial score (nSPS) is 10.9. The van der Waals surface area contributed by atoms with Gasteiger partial charge in [-0.2, -0.15) is 0 Å². The fourth-order valence-corrected chi connectivity index (χ4v) is 1.98. The molecule has 0 aliphatic rings. The molecule has 5 nitrogen and oxygen atoms in total.